The highest BCUT2D eigenvalue weighted by atomic mass is 15.2. The third-order valence-electron chi connectivity index (χ3n) is 9.63. The van der Waals surface area contributed by atoms with Crippen molar-refractivity contribution in [2.75, 3.05) is 26.2 Å². The molecule has 0 bridgehead atoms. The van der Waals surface area contributed by atoms with Gasteiger partial charge in [0, 0.05) is 12.1 Å². The number of nitrogens with zero attached hydrogens (tertiary/aromatic N) is 2. The fourth-order valence-electron chi connectivity index (χ4n) is 8.15. The number of hydrogen-bond donors (Lipinski definition) is 0. The largest absolute Gasteiger partial charge is 0.300 e. The summed E-state index contributed by atoms with van der Waals surface area (Å²) in [6.45, 7) is 15.7. The molecule has 4 rings (SSSR count). The predicted molar refractivity (Wildman–Crippen MR) is 121 cm³/mol. The van der Waals surface area contributed by atoms with Gasteiger partial charge in [0.25, 0.3) is 0 Å². The number of rotatable bonds is 3. The van der Waals surface area contributed by atoms with E-state index < -0.39 is 0 Å². The van der Waals surface area contributed by atoms with E-state index >= 15 is 0 Å². The van der Waals surface area contributed by atoms with Crippen molar-refractivity contribution >= 4 is 0 Å². The van der Waals surface area contributed by atoms with Crippen molar-refractivity contribution < 1.29 is 0 Å². The van der Waals surface area contributed by atoms with Crippen molar-refractivity contribution in [1.82, 2.24) is 9.80 Å². The van der Waals surface area contributed by atoms with Gasteiger partial charge in [-0.05, 0) is 113 Å². The van der Waals surface area contributed by atoms with E-state index in [9.17, 15) is 0 Å². The van der Waals surface area contributed by atoms with Gasteiger partial charge in [-0.2, -0.15) is 0 Å². The molecular formula is C26H48N2. The molecule has 2 aliphatic carbocycles. The number of likely N-dealkylation sites (tertiary alicyclic amines) is 2. The third-order valence-corrected chi connectivity index (χ3v) is 9.63. The van der Waals surface area contributed by atoms with Gasteiger partial charge in [0.2, 0.25) is 0 Å². The first-order valence-corrected chi connectivity index (χ1v) is 13.0. The Labute approximate surface area is 175 Å². The second-order valence-electron chi connectivity index (χ2n) is 11.5. The van der Waals surface area contributed by atoms with Gasteiger partial charge in [-0.1, -0.05) is 40.5 Å². The quantitative estimate of drug-likeness (QED) is 0.580. The van der Waals surface area contributed by atoms with Crippen molar-refractivity contribution in [2.24, 2.45) is 35.5 Å². The van der Waals surface area contributed by atoms with Crippen molar-refractivity contribution in [3.63, 3.8) is 0 Å². The summed E-state index contributed by atoms with van der Waals surface area (Å²) in [5.41, 5.74) is 0. The Morgan fingerprint density at radius 3 is 1.00 bits per heavy atom. The second kappa shape index (κ2) is 9.38. The normalized spacial score (nSPS) is 43.3. The third kappa shape index (κ3) is 4.48. The van der Waals surface area contributed by atoms with Crippen LogP contribution in [-0.4, -0.2) is 48.1 Å². The van der Waals surface area contributed by atoms with Crippen LogP contribution in [0.25, 0.3) is 0 Å². The molecule has 28 heavy (non-hydrogen) atoms. The molecule has 2 aliphatic heterocycles. The van der Waals surface area contributed by atoms with Crippen LogP contribution < -0.4 is 0 Å². The Kier molecular flexibility index (Phi) is 7.09. The summed E-state index contributed by atoms with van der Waals surface area (Å²) >= 11 is 0. The number of hydrogen-bond acceptors (Lipinski definition) is 2. The molecule has 162 valence electrons. The summed E-state index contributed by atoms with van der Waals surface area (Å²) in [6, 6.07) is 1.76. The highest BCUT2D eigenvalue weighted by Gasteiger charge is 2.38. The van der Waals surface area contributed by atoms with E-state index in [2.05, 4.69) is 37.5 Å². The van der Waals surface area contributed by atoms with Gasteiger partial charge in [0.05, 0.1) is 0 Å². The second-order valence-corrected chi connectivity index (χ2v) is 11.5. The molecule has 2 heteroatoms. The summed E-state index contributed by atoms with van der Waals surface area (Å²) < 4.78 is 0. The molecule has 2 saturated carbocycles. The average Bonchev–Trinajstić information content (AvgIpc) is 2.69. The Morgan fingerprint density at radius 1 is 0.429 bits per heavy atom. The van der Waals surface area contributed by atoms with Crippen LogP contribution in [0.2, 0.25) is 0 Å². The lowest BCUT2D eigenvalue weighted by Crippen LogP contribution is -2.52. The van der Waals surface area contributed by atoms with E-state index in [1.54, 1.807) is 0 Å². The highest BCUT2D eigenvalue weighted by Crippen LogP contribution is 2.40. The first-order valence-electron chi connectivity index (χ1n) is 13.0. The van der Waals surface area contributed by atoms with E-state index in [1.807, 2.05) is 0 Å². The highest BCUT2D eigenvalue weighted by molar-refractivity contribution is 4.92. The maximum atomic E-state index is 2.91. The Hall–Kier alpha value is -0.0800. The van der Waals surface area contributed by atoms with E-state index in [1.165, 1.54) is 90.4 Å². The zero-order chi connectivity index (χ0) is 19.7. The van der Waals surface area contributed by atoms with Crippen molar-refractivity contribution in [1.29, 1.82) is 0 Å². The topological polar surface area (TPSA) is 6.48 Å². The minimum atomic E-state index is 0.880. The first-order chi connectivity index (χ1) is 13.5. The van der Waals surface area contributed by atoms with Crippen LogP contribution in [0.15, 0.2) is 0 Å². The summed E-state index contributed by atoms with van der Waals surface area (Å²) in [6.07, 6.45) is 14.7. The lowest BCUT2D eigenvalue weighted by atomic mass is 9.73. The van der Waals surface area contributed by atoms with Gasteiger partial charge in [0.1, 0.15) is 0 Å². The van der Waals surface area contributed by atoms with Gasteiger partial charge < -0.3 is 0 Å². The molecular weight excluding hydrogens is 340 g/mol. The molecule has 0 spiro atoms. The van der Waals surface area contributed by atoms with Gasteiger partial charge >= 0.3 is 0 Å². The number of piperidine rings is 2. The molecule has 0 aromatic carbocycles. The predicted octanol–water partition coefficient (Wildman–Crippen LogP) is 6.06. The summed E-state index contributed by atoms with van der Waals surface area (Å²) in [4.78, 5) is 5.82. The lowest BCUT2D eigenvalue weighted by Gasteiger charge is -2.49. The molecule has 0 aromatic rings. The van der Waals surface area contributed by atoms with Crippen LogP contribution in [-0.2, 0) is 0 Å². The fourth-order valence-corrected chi connectivity index (χ4v) is 8.15. The van der Waals surface area contributed by atoms with Gasteiger partial charge in [-0.3, -0.25) is 9.80 Å². The Bertz CT molecular complexity index is 411. The molecule has 0 radical (unpaired) electrons. The maximum absolute atomic E-state index is 2.91. The molecule has 2 heterocycles. The minimum Gasteiger partial charge on any atom is -0.300 e. The molecule has 2 nitrogen and oxygen atoms in total. The summed E-state index contributed by atoms with van der Waals surface area (Å²) in [5.74, 6) is 5.72. The van der Waals surface area contributed by atoms with Crippen LogP contribution in [0, 0.1) is 35.5 Å². The molecule has 4 unspecified atom stereocenters. The van der Waals surface area contributed by atoms with Crippen LogP contribution in [0.3, 0.4) is 0 Å². The molecule has 2 saturated heterocycles. The van der Waals surface area contributed by atoms with Crippen LogP contribution in [0.5, 0.6) is 0 Å². The molecule has 0 amide bonds. The summed E-state index contributed by atoms with van der Waals surface area (Å²) in [5, 5.41) is 0. The molecule has 0 aromatic heterocycles. The zero-order valence-electron chi connectivity index (χ0n) is 19.4. The lowest BCUT2D eigenvalue weighted by molar-refractivity contribution is 0.00550. The molecule has 4 atom stereocenters. The van der Waals surface area contributed by atoms with E-state index in [0.29, 0.717) is 0 Å². The monoisotopic (exact) mass is 388 g/mol. The molecule has 4 fully saturated rings. The summed E-state index contributed by atoms with van der Waals surface area (Å²) in [7, 11) is 0. The average molecular weight is 389 g/mol. The van der Waals surface area contributed by atoms with Gasteiger partial charge in [0.15, 0.2) is 0 Å². The van der Waals surface area contributed by atoms with Crippen LogP contribution >= 0.6 is 0 Å². The van der Waals surface area contributed by atoms with Gasteiger partial charge in [-0.15, -0.1) is 0 Å². The van der Waals surface area contributed by atoms with Gasteiger partial charge in [-0.25, -0.2) is 0 Å². The smallest absolute Gasteiger partial charge is 0.0146 e. The Morgan fingerprint density at radius 2 is 0.714 bits per heavy atom. The van der Waals surface area contributed by atoms with E-state index in [-0.39, 0.29) is 0 Å². The van der Waals surface area contributed by atoms with E-state index in [4.69, 9.17) is 0 Å². The van der Waals surface area contributed by atoms with Crippen molar-refractivity contribution in [2.45, 2.75) is 104 Å². The Balaban J connectivity index is 1.25. The minimum absolute atomic E-state index is 0.880. The van der Waals surface area contributed by atoms with Crippen molar-refractivity contribution in [3.05, 3.63) is 0 Å². The van der Waals surface area contributed by atoms with Crippen LogP contribution in [0.4, 0.5) is 0 Å². The van der Waals surface area contributed by atoms with Crippen molar-refractivity contribution in [3.8, 4) is 0 Å². The molecule has 4 aliphatic rings. The fraction of sp³-hybridized carbons (Fsp3) is 1.00. The van der Waals surface area contributed by atoms with Crippen LogP contribution in [0.1, 0.15) is 91.9 Å². The standard InChI is InChI=1S/C26H48N2/c1-19-7-5-8-20(2)25(19)27-15-11-23(12-16-27)24-13-17-28(18-14-24)26-21(3)9-6-10-22(26)4/h19-26H,5-18H2,1-4H3. The SMILES string of the molecule is CC1CCCC(C)C1N1CCC(C2CCN(C3C(C)CCCC3C)CC2)CC1. The molecule has 0 N–H and O–H groups in total. The first kappa shape index (κ1) is 21.2. The maximum Gasteiger partial charge on any atom is 0.0146 e. The van der Waals surface area contributed by atoms with E-state index in [0.717, 1.165) is 47.6 Å². The zero-order valence-corrected chi connectivity index (χ0v) is 19.4.